The molecule has 1 aliphatic heterocycles. The monoisotopic (exact) mass is 271 g/mol. The van der Waals surface area contributed by atoms with E-state index in [4.69, 9.17) is 0 Å². The van der Waals surface area contributed by atoms with Crippen molar-refractivity contribution in [1.82, 2.24) is 15.1 Å². The minimum absolute atomic E-state index is 0.0936. The van der Waals surface area contributed by atoms with Gasteiger partial charge in [-0.25, -0.2) is 0 Å². The maximum absolute atomic E-state index is 12.4. The highest BCUT2D eigenvalue weighted by Gasteiger charge is 2.33. The third kappa shape index (κ3) is 5.47. The first-order valence-electron chi connectivity index (χ1n) is 7.13. The second-order valence-corrected chi connectivity index (χ2v) is 6.51. The molecule has 0 saturated carbocycles. The summed E-state index contributed by atoms with van der Waals surface area (Å²) < 4.78 is 0. The lowest BCUT2D eigenvalue weighted by atomic mass is 10.00. The van der Waals surface area contributed by atoms with Crippen LogP contribution in [0.25, 0.3) is 0 Å². The first kappa shape index (κ1) is 16.4. The van der Waals surface area contributed by atoms with Crippen LogP contribution in [0, 0.1) is 0 Å². The minimum Gasteiger partial charge on any atom is -0.387 e. The summed E-state index contributed by atoms with van der Waals surface area (Å²) in [6.45, 7) is 7.60. The third-order valence-electron chi connectivity index (χ3n) is 3.25. The van der Waals surface area contributed by atoms with Crippen molar-refractivity contribution in [3.8, 4) is 0 Å². The van der Waals surface area contributed by atoms with E-state index in [1.807, 2.05) is 19.0 Å². The van der Waals surface area contributed by atoms with Gasteiger partial charge in [0.2, 0.25) is 5.91 Å². The molecule has 5 nitrogen and oxygen atoms in total. The Hall–Kier alpha value is -0.650. The Morgan fingerprint density at radius 3 is 2.68 bits per heavy atom. The molecule has 0 aromatic heterocycles. The van der Waals surface area contributed by atoms with Crippen LogP contribution in [0.15, 0.2) is 0 Å². The normalized spacial score (nSPS) is 24.1. The molecule has 0 spiro atoms. The average molecular weight is 271 g/mol. The molecular formula is C14H29N3O2. The smallest absolute Gasteiger partial charge is 0.239 e. The molecule has 2 unspecified atom stereocenters. The van der Waals surface area contributed by atoms with Crippen LogP contribution in [-0.4, -0.2) is 72.2 Å². The van der Waals surface area contributed by atoms with Crippen molar-refractivity contribution in [2.24, 2.45) is 0 Å². The zero-order valence-corrected chi connectivity index (χ0v) is 12.9. The largest absolute Gasteiger partial charge is 0.387 e. The van der Waals surface area contributed by atoms with E-state index in [1.54, 1.807) is 11.8 Å². The van der Waals surface area contributed by atoms with Gasteiger partial charge in [0.05, 0.1) is 18.2 Å². The first-order valence-corrected chi connectivity index (χ1v) is 7.13. The van der Waals surface area contributed by atoms with E-state index in [0.717, 1.165) is 19.4 Å². The Labute approximate surface area is 117 Å². The predicted octanol–water partition coefficient (Wildman–Crippen LogP) is 0.288. The second kappa shape index (κ2) is 6.68. The summed E-state index contributed by atoms with van der Waals surface area (Å²) in [6.07, 6.45) is 1.89. The van der Waals surface area contributed by atoms with Gasteiger partial charge in [-0.05, 0) is 33.9 Å². The summed E-state index contributed by atoms with van der Waals surface area (Å²) in [5.74, 6) is 0.124. The molecule has 1 fully saturated rings. The molecule has 1 amide bonds. The molecule has 1 heterocycles. The molecule has 1 saturated heterocycles. The van der Waals surface area contributed by atoms with Gasteiger partial charge in [0.15, 0.2) is 0 Å². The topological polar surface area (TPSA) is 55.8 Å². The molecule has 1 aliphatic rings. The van der Waals surface area contributed by atoms with Crippen molar-refractivity contribution in [2.45, 2.75) is 51.3 Å². The van der Waals surface area contributed by atoms with Crippen molar-refractivity contribution >= 4 is 5.91 Å². The third-order valence-corrected chi connectivity index (χ3v) is 3.25. The Bertz CT molecular complexity index is 303. The molecule has 0 aromatic carbocycles. The van der Waals surface area contributed by atoms with E-state index >= 15 is 0 Å². The fourth-order valence-electron chi connectivity index (χ4n) is 2.80. The standard InChI is InChI=1S/C14H29N3O2/c1-11(2)15-12-7-6-8-17(13(12)18)10-14(3,19)9-16(4)5/h11-12,15,19H,6-10H2,1-5H3. The molecule has 0 radical (unpaired) electrons. The molecule has 5 heteroatoms. The van der Waals surface area contributed by atoms with Crippen molar-refractivity contribution in [3.63, 3.8) is 0 Å². The Kier molecular flexibility index (Phi) is 5.77. The lowest BCUT2D eigenvalue weighted by molar-refractivity contribution is -0.140. The highest BCUT2D eigenvalue weighted by Crippen LogP contribution is 2.16. The van der Waals surface area contributed by atoms with Gasteiger partial charge in [0, 0.05) is 19.1 Å². The maximum atomic E-state index is 12.4. The van der Waals surface area contributed by atoms with Gasteiger partial charge < -0.3 is 20.2 Å². The molecule has 0 bridgehead atoms. The first-order chi connectivity index (χ1) is 8.71. The van der Waals surface area contributed by atoms with Crippen molar-refractivity contribution in [1.29, 1.82) is 0 Å². The van der Waals surface area contributed by atoms with Gasteiger partial charge in [-0.15, -0.1) is 0 Å². The molecule has 19 heavy (non-hydrogen) atoms. The van der Waals surface area contributed by atoms with Crippen molar-refractivity contribution in [3.05, 3.63) is 0 Å². The number of rotatable bonds is 6. The van der Waals surface area contributed by atoms with Crippen LogP contribution in [0.3, 0.4) is 0 Å². The predicted molar refractivity (Wildman–Crippen MR) is 77.1 cm³/mol. The fraction of sp³-hybridized carbons (Fsp3) is 0.929. The van der Waals surface area contributed by atoms with Crippen LogP contribution >= 0.6 is 0 Å². The van der Waals surface area contributed by atoms with E-state index in [9.17, 15) is 9.90 Å². The number of piperidine rings is 1. The summed E-state index contributed by atoms with van der Waals surface area (Å²) in [4.78, 5) is 16.1. The van der Waals surface area contributed by atoms with Gasteiger partial charge in [-0.3, -0.25) is 4.79 Å². The number of nitrogens with zero attached hydrogens (tertiary/aromatic N) is 2. The van der Waals surface area contributed by atoms with Crippen LogP contribution in [0.5, 0.6) is 0 Å². The summed E-state index contributed by atoms with van der Waals surface area (Å²) in [7, 11) is 3.85. The van der Waals surface area contributed by atoms with E-state index in [-0.39, 0.29) is 11.9 Å². The van der Waals surface area contributed by atoms with Crippen LogP contribution in [-0.2, 0) is 4.79 Å². The number of likely N-dealkylation sites (N-methyl/N-ethyl adjacent to an activating group) is 1. The number of aliphatic hydroxyl groups is 1. The quantitative estimate of drug-likeness (QED) is 0.729. The maximum Gasteiger partial charge on any atom is 0.239 e. The molecule has 2 N–H and O–H groups in total. The Balaban J connectivity index is 2.60. The fourth-order valence-corrected chi connectivity index (χ4v) is 2.80. The van der Waals surface area contributed by atoms with Crippen LogP contribution in [0.2, 0.25) is 0 Å². The van der Waals surface area contributed by atoms with Crippen molar-refractivity contribution < 1.29 is 9.90 Å². The molecule has 0 aliphatic carbocycles. The number of β-amino-alcohol motifs (C(OH)–C–C–N with tert-alkyl or cyclic N) is 1. The summed E-state index contributed by atoms with van der Waals surface area (Å²) >= 11 is 0. The van der Waals surface area contributed by atoms with Crippen LogP contribution in [0.4, 0.5) is 0 Å². The second-order valence-electron chi connectivity index (χ2n) is 6.51. The summed E-state index contributed by atoms with van der Waals surface area (Å²) in [5.41, 5.74) is -0.862. The number of hydrogen-bond donors (Lipinski definition) is 2. The van der Waals surface area contributed by atoms with Gasteiger partial charge in [-0.1, -0.05) is 13.8 Å². The molecular weight excluding hydrogens is 242 g/mol. The highest BCUT2D eigenvalue weighted by molar-refractivity contribution is 5.82. The molecule has 112 valence electrons. The zero-order valence-electron chi connectivity index (χ0n) is 12.9. The van der Waals surface area contributed by atoms with E-state index in [2.05, 4.69) is 19.2 Å². The van der Waals surface area contributed by atoms with E-state index < -0.39 is 5.60 Å². The van der Waals surface area contributed by atoms with Crippen molar-refractivity contribution in [2.75, 3.05) is 33.7 Å². The van der Waals surface area contributed by atoms with E-state index in [0.29, 0.717) is 19.1 Å². The SMILES string of the molecule is CC(C)NC1CCCN(CC(C)(O)CN(C)C)C1=O. The number of nitrogens with one attached hydrogen (secondary N) is 1. The number of likely N-dealkylation sites (tertiary alicyclic amines) is 1. The van der Waals surface area contributed by atoms with Gasteiger partial charge in [0.1, 0.15) is 0 Å². The lowest BCUT2D eigenvalue weighted by Gasteiger charge is -2.38. The number of carbonyl (C=O) groups is 1. The highest BCUT2D eigenvalue weighted by atomic mass is 16.3. The Morgan fingerprint density at radius 2 is 2.16 bits per heavy atom. The number of carbonyl (C=O) groups excluding carboxylic acids is 1. The zero-order chi connectivity index (χ0) is 14.6. The summed E-state index contributed by atoms with van der Waals surface area (Å²) in [6, 6.07) is 0.208. The lowest BCUT2D eigenvalue weighted by Crippen LogP contribution is -2.57. The van der Waals surface area contributed by atoms with Gasteiger partial charge in [0.25, 0.3) is 0 Å². The Morgan fingerprint density at radius 1 is 1.53 bits per heavy atom. The number of hydrogen-bond acceptors (Lipinski definition) is 4. The molecule has 2 atom stereocenters. The minimum atomic E-state index is -0.862. The molecule has 1 rings (SSSR count). The number of amides is 1. The van der Waals surface area contributed by atoms with Gasteiger partial charge >= 0.3 is 0 Å². The van der Waals surface area contributed by atoms with Crippen LogP contribution < -0.4 is 5.32 Å². The van der Waals surface area contributed by atoms with E-state index in [1.165, 1.54) is 0 Å². The molecule has 0 aromatic rings. The van der Waals surface area contributed by atoms with Crippen LogP contribution in [0.1, 0.15) is 33.6 Å². The average Bonchev–Trinajstić information content (AvgIpc) is 2.21. The summed E-state index contributed by atoms with van der Waals surface area (Å²) in [5, 5.41) is 13.7. The van der Waals surface area contributed by atoms with Gasteiger partial charge in [-0.2, -0.15) is 0 Å².